The topological polar surface area (TPSA) is 9.72 Å². The number of allylic oxidation sites excluding steroid dienone is 2. The van der Waals surface area contributed by atoms with Gasteiger partial charge in [-0.05, 0) is 152 Å². The molecule has 0 saturated carbocycles. The fourth-order valence-electron chi connectivity index (χ4n) is 8.74. The predicted octanol–water partition coefficient (Wildman–Crippen LogP) is 15.8. The zero-order valence-electron chi connectivity index (χ0n) is 35.1. The molecule has 8 aromatic carbocycles. The summed E-state index contributed by atoms with van der Waals surface area (Å²) in [4.78, 5) is 7.18. The van der Waals surface area contributed by atoms with Crippen LogP contribution in [0, 0.1) is 20.8 Å². The van der Waals surface area contributed by atoms with Crippen LogP contribution in [0.25, 0.3) is 0 Å². The van der Waals surface area contributed by atoms with E-state index in [1.165, 1.54) is 33.4 Å². The minimum absolute atomic E-state index is 0.0957. The number of hydrogen-bond acceptors (Lipinski definition) is 3. The zero-order chi connectivity index (χ0) is 41.5. The molecule has 2 atom stereocenters. The molecule has 61 heavy (non-hydrogen) atoms. The third-order valence-corrected chi connectivity index (χ3v) is 11.6. The summed E-state index contributed by atoms with van der Waals surface area (Å²) in [6, 6.07) is 76.9. The lowest BCUT2D eigenvalue weighted by Gasteiger charge is -2.35. The maximum absolute atomic E-state index is 2.50. The van der Waals surface area contributed by atoms with Crippen LogP contribution >= 0.6 is 0 Å². The maximum Gasteiger partial charge on any atom is 0.0560 e. The second-order valence-electron chi connectivity index (χ2n) is 16.0. The van der Waals surface area contributed by atoms with Crippen LogP contribution in [0.15, 0.2) is 236 Å². The molecule has 298 valence electrons. The normalized spacial score (nSPS) is 13.9. The summed E-state index contributed by atoms with van der Waals surface area (Å²) < 4.78 is 0. The standard InChI is InChI=1S/C58H51N3/c1-43-16-13-21-48(40-43)58(46-19-7-4-8-20-46)47-28-30-51(31-29-47)59(52-32-36-54(37-33-52)60(49-22-9-5-10-23-49)56-26-14-17-44(2)41-56)53-34-38-55(39-35-53)61(50-24-11-6-12-25-50)57-27-15-18-45(3)42-57/h4-30,32-42,51,58H,31H2,1-3H3. The van der Waals surface area contributed by atoms with Crippen molar-refractivity contribution in [2.45, 2.75) is 39.2 Å². The summed E-state index contributed by atoms with van der Waals surface area (Å²) in [5.41, 5.74) is 16.7. The molecule has 3 nitrogen and oxygen atoms in total. The Bertz CT molecular complexity index is 2620. The number of benzene rings is 8. The fraction of sp³-hybridized carbons (Fsp3) is 0.103. The Kier molecular flexibility index (Phi) is 11.5. The van der Waals surface area contributed by atoms with E-state index < -0.39 is 0 Å². The molecule has 9 rings (SSSR count). The van der Waals surface area contributed by atoms with Crippen molar-refractivity contribution in [3.8, 4) is 0 Å². The van der Waals surface area contributed by atoms with Crippen LogP contribution in [0.1, 0.15) is 40.2 Å². The first kappa shape index (κ1) is 39.1. The van der Waals surface area contributed by atoms with Crippen LogP contribution < -0.4 is 14.7 Å². The van der Waals surface area contributed by atoms with E-state index in [9.17, 15) is 0 Å². The van der Waals surface area contributed by atoms with Crippen molar-refractivity contribution in [2.75, 3.05) is 14.7 Å². The lowest BCUT2D eigenvalue weighted by molar-refractivity contribution is 0.768. The second-order valence-corrected chi connectivity index (χ2v) is 16.0. The van der Waals surface area contributed by atoms with E-state index in [1.807, 2.05) is 0 Å². The average molecular weight is 790 g/mol. The van der Waals surface area contributed by atoms with E-state index in [1.54, 1.807) is 0 Å². The van der Waals surface area contributed by atoms with Gasteiger partial charge >= 0.3 is 0 Å². The van der Waals surface area contributed by atoms with Crippen LogP contribution in [0.3, 0.4) is 0 Å². The van der Waals surface area contributed by atoms with Gasteiger partial charge in [0, 0.05) is 51.4 Å². The first-order valence-corrected chi connectivity index (χ1v) is 21.3. The van der Waals surface area contributed by atoms with Gasteiger partial charge < -0.3 is 14.7 Å². The molecule has 0 fully saturated rings. The highest BCUT2D eigenvalue weighted by atomic mass is 15.2. The van der Waals surface area contributed by atoms with Gasteiger partial charge in [0.15, 0.2) is 0 Å². The number of nitrogens with zero attached hydrogens (tertiary/aromatic N) is 3. The summed E-state index contributed by atoms with van der Waals surface area (Å²) in [6.45, 7) is 6.49. The molecule has 2 unspecified atom stereocenters. The molecule has 1 aliphatic carbocycles. The minimum atomic E-state index is 0.0957. The van der Waals surface area contributed by atoms with Crippen LogP contribution in [-0.2, 0) is 0 Å². The molecular weight excluding hydrogens is 739 g/mol. The maximum atomic E-state index is 2.50. The quantitative estimate of drug-likeness (QED) is 0.122. The Balaban J connectivity index is 1.10. The number of rotatable bonds is 12. The molecule has 0 radical (unpaired) electrons. The Morgan fingerprint density at radius 2 is 0.770 bits per heavy atom. The fourth-order valence-corrected chi connectivity index (χ4v) is 8.74. The van der Waals surface area contributed by atoms with Crippen molar-refractivity contribution >= 4 is 45.5 Å². The van der Waals surface area contributed by atoms with Gasteiger partial charge in [-0.2, -0.15) is 0 Å². The molecular formula is C58H51N3. The van der Waals surface area contributed by atoms with Gasteiger partial charge in [-0.25, -0.2) is 0 Å². The highest BCUT2D eigenvalue weighted by Crippen LogP contribution is 2.42. The molecule has 0 bridgehead atoms. The molecule has 8 aromatic rings. The number of para-hydroxylation sites is 2. The molecule has 0 saturated heterocycles. The van der Waals surface area contributed by atoms with E-state index >= 15 is 0 Å². The molecule has 0 heterocycles. The van der Waals surface area contributed by atoms with Crippen LogP contribution in [-0.4, -0.2) is 6.04 Å². The van der Waals surface area contributed by atoms with Gasteiger partial charge in [0.25, 0.3) is 0 Å². The van der Waals surface area contributed by atoms with E-state index in [0.29, 0.717) is 0 Å². The van der Waals surface area contributed by atoms with Crippen molar-refractivity contribution < 1.29 is 0 Å². The molecule has 0 amide bonds. The van der Waals surface area contributed by atoms with Crippen LogP contribution in [0.5, 0.6) is 0 Å². The van der Waals surface area contributed by atoms with E-state index in [4.69, 9.17) is 0 Å². The Labute approximate surface area is 361 Å². The zero-order valence-corrected chi connectivity index (χ0v) is 35.1. The van der Waals surface area contributed by atoms with Crippen molar-refractivity contribution in [3.05, 3.63) is 264 Å². The SMILES string of the molecule is Cc1cccc(C(C2=CCC(N(c3ccc(N(c4ccccc4)c4cccc(C)c4)cc3)c3ccc(N(c4ccccc4)c4cccc(C)c4)cc3)C=C2)c2ccccc2)c1. The van der Waals surface area contributed by atoms with Crippen molar-refractivity contribution in [1.82, 2.24) is 0 Å². The molecule has 0 spiro atoms. The average Bonchev–Trinajstić information content (AvgIpc) is 3.30. The van der Waals surface area contributed by atoms with Gasteiger partial charge in [0.1, 0.15) is 0 Å². The van der Waals surface area contributed by atoms with Gasteiger partial charge in [0.2, 0.25) is 0 Å². The van der Waals surface area contributed by atoms with E-state index in [-0.39, 0.29) is 12.0 Å². The predicted molar refractivity (Wildman–Crippen MR) is 259 cm³/mol. The highest BCUT2D eigenvalue weighted by molar-refractivity contribution is 5.81. The molecule has 3 heteroatoms. The number of aryl methyl sites for hydroxylation is 3. The summed E-state index contributed by atoms with van der Waals surface area (Å²) in [5, 5.41) is 0. The van der Waals surface area contributed by atoms with Gasteiger partial charge in [-0.15, -0.1) is 0 Å². The molecule has 1 aliphatic rings. The number of anilines is 8. The Morgan fingerprint density at radius 3 is 1.21 bits per heavy atom. The van der Waals surface area contributed by atoms with Gasteiger partial charge in [0.05, 0.1) is 6.04 Å². The third-order valence-electron chi connectivity index (χ3n) is 11.6. The lowest BCUT2D eigenvalue weighted by atomic mass is 9.81. The minimum Gasteiger partial charge on any atom is -0.334 e. The van der Waals surface area contributed by atoms with Crippen molar-refractivity contribution in [3.63, 3.8) is 0 Å². The first-order valence-electron chi connectivity index (χ1n) is 21.3. The molecule has 0 aliphatic heterocycles. The summed E-state index contributed by atoms with van der Waals surface area (Å²) in [6.07, 6.45) is 8.11. The van der Waals surface area contributed by atoms with E-state index in [2.05, 4.69) is 266 Å². The molecule has 0 N–H and O–H groups in total. The Hall–Kier alpha value is -7.36. The van der Waals surface area contributed by atoms with Crippen LogP contribution in [0.2, 0.25) is 0 Å². The van der Waals surface area contributed by atoms with Crippen molar-refractivity contribution in [1.29, 1.82) is 0 Å². The molecule has 0 aromatic heterocycles. The largest absolute Gasteiger partial charge is 0.334 e. The monoisotopic (exact) mass is 789 g/mol. The Morgan fingerprint density at radius 1 is 0.377 bits per heavy atom. The summed E-state index contributed by atoms with van der Waals surface area (Å²) >= 11 is 0. The summed E-state index contributed by atoms with van der Waals surface area (Å²) in [5.74, 6) is 0.154. The van der Waals surface area contributed by atoms with Gasteiger partial charge in [-0.3, -0.25) is 0 Å². The van der Waals surface area contributed by atoms with E-state index in [0.717, 1.165) is 51.9 Å². The lowest BCUT2D eigenvalue weighted by Crippen LogP contribution is -2.30. The van der Waals surface area contributed by atoms with Crippen molar-refractivity contribution in [2.24, 2.45) is 0 Å². The second kappa shape index (κ2) is 17.9. The smallest absolute Gasteiger partial charge is 0.0560 e. The summed E-state index contributed by atoms with van der Waals surface area (Å²) in [7, 11) is 0. The van der Waals surface area contributed by atoms with Crippen LogP contribution in [0.4, 0.5) is 45.5 Å². The van der Waals surface area contributed by atoms with Gasteiger partial charge in [-0.1, -0.05) is 139 Å². The highest BCUT2D eigenvalue weighted by Gasteiger charge is 2.25. The number of hydrogen-bond donors (Lipinski definition) is 0. The third kappa shape index (κ3) is 8.69. The first-order chi connectivity index (χ1) is 30.0.